The van der Waals surface area contributed by atoms with Gasteiger partial charge in [-0.3, -0.25) is 5.21 Å². The molecule has 1 N–H and O–H groups in total. The van der Waals surface area contributed by atoms with Crippen LogP contribution in [-0.2, 0) is 0 Å². The highest BCUT2D eigenvalue weighted by atomic mass is 16.7. The molecule has 1 radical (unpaired) electrons. The molecule has 2 aromatic rings. The maximum atomic E-state index is 10.9. The predicted octanol–water partition coefficient (Wildman–Crippen LogP) is -0.658. The standard InChI is InChI=1S/C6H4N3O3/c10-8-2-1-7-6(8)5-3-9(11)12-4-5/h1-2,4,7H. The van der Waals surface area contributed by atoms with Crippen LogP contribution in [0.4, 0.5) is 0 Å². The fraction of sp³-hybridized carbons (Fsp3) is 0. The molecule has 0 amide bonds. The molecule has 0 spiro atoms. The number of nitrogens with one attached hydrogen (secondary N) is 1. The topological polar surface area (TPSA) is 82.8 Å². The molecule has 6 heteroatoms. The zero-order valence-corrected chi connectivity index (χ0v) is 5.85. The molecule has 2 aromatic heterocycles. The van der Waals surface area contributed by atoms with Gasteiger partial charge in [0.1, 0.15) is 12.4 Å². The maximum absolute atomic E-state index is 10.9. The summed E-state index contributed by atoms with van der Waals surface area (Å²) in [6, 6.07) is 0. The van der Waals surface area contributed by atoms with Crippen molar-refractivity contribution < 1.29 is 14.2 Å². The van der Waals surface area contributed by atoms with Crippen LogP contribution in [0.25, 0.3) is 11.4 Å². The summed E-state index contributed by atoms with van der Waals surface area (Å²) in [5.74, 6) is 0.230. The van der Waals surface area contributed by atoms with Gasteiger partial charge in [-0.25, -0.2) is 9.71 Å². The van der Waals surface area contributed by atoms with Gasteiger partial charge in [0.25, 0.3) is 5.82 Å². The van der Waals surface area contributed by atoms with Crippen molar-refractivity contribution in [3.8, 4) is 11.4 Å². The summed E-state index contributed by atoms with van der Waals surface area (Å²) < 4.78 is 4.96. The molecule has 2 heterocycles. The van der Waals surface area contributed by atoms with Crippen LogP contribution in [0.1, 0.15) is 0 Å². The van der Waals surface area contributed by atoms with Crippen molar-refractivity contribution in [3.05, 3.63) is 35.3 Å². The van der Waals surface area contributed by atoms with Crippen molar-refractivity contribution >= 4 is 0 Å². The van der Waals surface area contributed by atoms with Crippen LogP contribution >= 0.6 is 0 Å². The van der Waals surface area contributed by atoms with Gasteiger partial charge in [0, 0.05) is 0 Å². The van der Waals surface area contributed by atoms with Crippen molar-refractivity contribution in [1.29, 1.82) is 0 Å². The first-order chi connectivity index (χ1) is 5.77. The predicted molar refractivity (Wildman–Crippen MR) is 35.3 cm³/mol. The molecule has 0 saturated carbocycles. The lowest BCUT2D eigenvalue weighted by molar-refractivity contribution is -0.795. The number of hydrogen-bond donors (Lipinski definition) is 1. The lowest BCUT2D eigenvalue weighted by Gasteiger charge is -1.95. The molecule has 0 aliphatic rings. The Balaban J connectivity index is 2.50. The van der Waals surface area contributed by atoms with Gasteiger partial charge in [0.15, 0.2) is 5.56 Å². The summed E-state index contributed by atoms with van der Waals surface area (Å²) in [4.78, 5) is 2.79. The maximum Gasteiger partial charge on any atom is 0.362 e. The number of aromatic nitrogens is 3. The summed E-state index contributed by atoms with van der Waals surface area (Å²) in [5, 5.41) is 21.4. The van der Waals surface area contributed by atoms with E-state index in [1.807, 2.05) is 0 Å². The third-order valence-electron chi connectivity index (χ3n) is 1.38. The number of rotatable bonds is 1. The molecule has 0 fully saturated rings. The van der Waals surface area contributed by atoms with Gasteiger partial charge < -0.3 is 9.73 Å². The summed E-state index contributed by atoms with van der Waals surface area (Å²) in [6.45, 7) is 0. The lowest BCUT2D eigenvalue weighted by Crippen LogP contribution is -2.26. The highest BCUT2D eigenvalue weighted by Gasteiger charge is 2.14. The number of aromatic amines is 1. The third kappa shape index (κ3) is 0.895. The first-order valence-electron chi connectivity index (χ1n) is 3.15. The van der Waals surface area contributed by atoms with E-state index < -0.39 is 0 Å². The minimum Gasteiger partial charge on any atom is -0.710 e. The van der Waals surface area contributed by atoms with Gasteiger partial charge >= 0.3 is 6.20 Å². The summed E-state index contributed by atoms with van der Waals surface area (Å²) >= 11 is 0. The first kappa shape index (κ1) is 6.71. The van der Waals surface area contributed by atoms with Crippen molar-refractivity contribution in [3.63, 3.8) is 0 Å². The highest BCUT2D eigenvalue weighted by molar-refractivity contribution is 5.45. The second-order valence-electron chi connectivity index (χ2n) is 2.14. The number of hydrogen-bond acceptors (Lipinski definition) is 3. The summed E-state index contributed by atoms with van der Waals surface area (Å²) in [5.41, 5.74) is 0.296. The minimum absolute atomic E-state index is 0.149. The number of H-pyrrole nitrogens is 1. The van der Waals surface area contributed by atoms with E-state index in [9.17, 15) is 10.4 Å². The zero-order chi connectivity index (χ0) is 8.55. The molecule has 2 rings (SSSR count). The van der Waals surface area contributed by atoms with Crippen LogP contribution in [0.3, 0.4) is 0 Å². The van der Waals surface area contributed by atoms with Crippen LogP contribution < -0.4 is 9.63 Å². The van der Waals surface area contributed by atoms with Crippen molar-refractivity contribution in [2.45, 2.75) is 0 Å². The summed E-state index contributed by atoms with van der Waals surface area (Å²) in [6.07, 6.45) is 6.15. The van der Waals surface area contributed by atoms with Crippen LogP contribution in [0, 0.1) is 16.6 Å². The van der Waals surface area contributed by atoms with Gasteiger partial charge in [-0.2, -0.15) is 0 Å². The zero-order valence-electron chi connectivity index (χ0n) is 5.85. The Morgan fingerprint density at radius 1 is 1.50 bits per heavy atom. The Bertz CT molecular complexity index is 392. The molecular weight excluding hydrogens is 162 g/mol. The quantitative estimate of drug-likeness (QED) is 0.451. The second kappa shape index (κ2) is 2.26. The molecule has 0 aliphatic heterocycles. The van der Waals surface area contributed by atoms with Crippen molar-refractivity contribution in [2.24, 2.45) is 0 Å². The average molecular weight is 166 g/mol. The van der Waals surface area contributed by atoms with E-state index in [4.69, 9.17) is 0 Å². The largest absolute Gasteiger partial charge is 0.710 e. The Morgan fingerprint density at radius 3 is 2.83 bits per heavy atom. The molecule has 6 nitrogen and oxygen atoms in total. The Kier molecular flexibility index (Phi) is 1.26. The van der Waals surface area contributed by atoms with Crippen LogP contribution in [0.2, 0.25) is 0 Å². The molecule has 61 valence electrons. The molecule has 0 aliphatic carbocycles. The van der Waals surface area contributed by atoms with E-state index in [0.717, 1.165) is 6.26 Å². The number of imidazole rings is 1. The number of nitrogens with zero attached hydrogens (tertiary/aromatic N) is 2. The Morgan fingerprint density at radius 2 is 2.33 bits per heavy atom. The van der Waals surface area contributed by atoms with Gasteiger partial charge in [-0.1, -0.05) is 0 Å². The van der Waals surface area contributed by atoms with E-state index in [-0.39, 0.29) is 10.7 Å². The van der Waals surface area contributed by atoms with Crippen molar-refractivity contribution in [2.75, 3.05) is 0 Å². The Hall–Kier alpha value is -1.98. The molecule has 0 atom stereocenters. The fourth-order valence-electron chi connectivity index (χ4n) is 0.879. The normalized spacial score (nSPS) is 10.3. The lowest BCUT2D eigenvalue weighted by atomic mass is 10.3. The van der Waals surface area contributed by atoms with E-state index in [1.54, 1.807) is 0 Å². The first-order valence-corrected chi connectivity index (χ1v) is 3.15. The SMILES string of the molecule is [O-][n+]1[c]c(-c2[nH]cc[n+]2[O-])co1. The molecule has 0 unspecified atom stereocenters. The van der Waals surface area contributed by atoms with E-state index in [0.29, 0.717) is 10.3 Å². The highest BCUT2D eigenvalue weighted by Crippen LogP contribution is 2.08. The molecule has 0 aromatic carbocycles. The van der Waals surface area contributed by atoms with E-state index in [2.05, 4.69) is 15.7 Å². The fourth-order valence-corrected chi connectivity index (χ4v) is 0.879. The molecular formula is C6H4N3O3. The average Bonchev–Trinajstić information content (AvgIpc) is 2.58. The van der Waals surface area contributed by atoms with Gasteiger partial charge in [0.05, 0.1) is 11.2 Å². The van der Waals surface area contributed by atoms with Crippen LogP contribution in [0.5, 0.6) is 0 Å². The molecule has 0 saturated heterocycles. The monoisotopic (exact) mass is 166 g/mol. The Labute approximate surface area is 66.8 Å². The van der Waals surface area contributed by atoms with Gasteiger partial charge in [-0.05, 0) is 0 Å². The summed E-state index contributed by atoms with van der Waals surface area (Å²) in [7, 11) is 0. The van der Waals surface area contributed by atoms with Gasteiger partial charge in [-0.15, -0.1) is 0 Å². The van der Waals surface area contributed by atoms with Crippen LogP contribution in [-0.4, -0.2) is 4.98 Å². The second-order valence-corrected chi connectivity index (χ2v) is 2.14. The van der Waals surface area contributed by atoms with Crippen molar-refractivity contribution in [1.82, 2.24) is 4.98 Å². The molecule has 12 heavy (non-hydrogen) atoms. The van der Waals surface area contributed by atoms with E-state index in [1.165, 1.54) is 12.4 Å². The molecule has 0 bridgehead atoms. The van der Waals surface area contributed by atoms with Crippen LogP contribution in [0.15, 0.2) is 23.2 Å². The minimum atomic E-state index is 0.149. The van der Waals surface area contributed by atoms with Gasteiger partial charge in [0.2, 0.25) is 0 Å². The smallest absolute Gasteiger partial charge is 0.362 e. The third-order valence-corrected chi connectivity index (χ3v) is 1.38. The van der Waals surface area contributed by atoms with E-state index >= 15 is 0 Å².